The Balaban J connectivity index is 2.09. The topological polar surface area (TPSA) is 66.9 Å². The van der Waals surface area contributed by atoms with Crippen LogP contribution < -0.4 is 10.6 Å². The van der Waals surface area contributed by atoms with E-state index in [0.29, 0.717) is 17.4 Å². The zero-order chi connectivity index (χ0) is 15.2. The first kappa shape index (κ1) is 15.0. The van der Waals surface area contributed by atoms with Crippen molar-refractivity contribution in [3.8, 4) is 0 Å². The summed E-state index contributed by atoms with van der Waals surface area (Å²) in [6.07, 6.45) is 1.40. The summed E-state index contributed by atoms with van der Waals surface area (Å²) in [7, 11) is 0. The lowest BCUT2D eigenvalue weighted by Crippen LogP contribution is -2.16. The predicted octanol–water partition coefficient (Wildman–Crippen LogP) is 3.11. The average Bonchev–Trinajstić information content (AvgIpc) is 2.48. The molecule has 1 aromatic carbocycles. The van der Waals surface area contributed by atoms with Crippen LogP contribution in [-0.4, -0.2) is 22.4 Å². The lowest BCUT2D eigenvalue weighted by Gasteiger charge is -2.10. The van der Waals surface area contributed by atoms with Crippen LogP contribution in [0.5, 0.6) is 0 Å². The van der Waals surface area contributed by atoms with E-state index >= 15 is 0 Å². The molecule has 1 aromatic heterocycles. The number of hydrogen-bond donors (Lipinski definition) is 2. The molecular formula is C16H20N4O. The molecule has 21 heavy (non-hydrogen) atoms. The second kappa shape index (κ2) is 6.83. The summed E-state index contributed by atoms with van der Waals surface area (Å²) in [4.78, 5) is 20.4. The van der Waals surface area contributed by atoms with Gasteiger partial charge in [0, 0.05) is 18.3 Å². The minimum Gasteiger partial charge on any atom is -0.370 e. The SMILES string of the molecule is Cc1ccccc1NC(=O)c1cc(NCC(C)C)ncn1. The Morgan fingerprint density at radius 3 is 2.71 bits per heavy atom. The lowest BCUT2D eigenvalue weighted by atomic mass is 10.2. The molecule has 0 spiro atoms. The maximum atomic E-state index is 12.2. The quantitative estimate of drug-likeness (QED) is 0.885. The highest BCUT2D eigenvalue weighted by atomic mass is 16.1. The molecular weight excluding hydrogens is 264 g/mol. The smallest absolute Gasteiger partial charge is 0.274 e. The number of rotatable bonds is 5. The minimum absolute atomic E-state index is 0.237. The number of para-hydroxylation sites is 1. The molecule has 2 aromatic rings. The van der Waals surface area contributed by atoms with Gasteiger partial charge in [-0.25, -0.2) is 9.97 Å². The van der Waals surface area contributed by atoms with Crippen LogP contribution >= 0.6 is 0 Å². The molecule has 0 unspecified atom stereocenters. The first-order valence-corrected chi connectivity index (χ1v) is 6.99. The van der Waals surface area contributed by atoms with E-state index in [-0.39, 0.29) is 5.91 Å². The third-order valence-electron chi connectivity index (χ3n) is 2.98. The molecule has 0 fully saturated rings. The summed E-state index contributed by atoms with van der Waals surface area (Å²) < 4.78 is 0. The second-order valence-corrected chi connectivity index (χ2v) is 5.33. The molecule has 0 atom stereocenters. The van der Waals surface area contributed by atoms with Crippen LogP contribution in [-0.2, 0) is 0 Å². The van der Waals surface area contributed by atoms with Crippen molar-refractivity contribution in [1.82, 2.24) is 9.97 Å². The van der Waals surface area contributed by atoms with E-state index in [0.717, 1.165) is 17.8 Å². The Morgan fingerprint density at radius 1 is 1.24 bits per heavy atom. The minimum atomic E-state index is -0.237. The first-order chi connectivity index (χ1) is 10.1. The largest absolute Gasteiger partial charge is 0.370 e. The molecule has 5 heteroatoms. The molecule has 0 aliphatic rings. The van der Waals surface area contributed by atoms with Crippen LogP contribution in [0.1, 0.15) is 29.9 Å². The van der Waals surface area contributed by atoms with E-state index in [1.807, 2.05) is 31.2 Å². The fourth-order valence-electron chi connectivity index (χ4n) is 1.79. The second-order valence-electron chi connectivity index (χ2n) is 5.33. The van der Waals surface area contributed by atoms with Crippen molar-refractivity contribution in [3.05, 3.63) is 47.9 Å². The van der Waals surface area contributed by atoms with Gasteiger partial charge in [0.25, 0.3) is 5.91 Å². The zero-order valence-corrected chi connectivity index (χ0v) is 12.6. The molecule has 110 valence electrons. The number of aryl methyl sites for hydroxylation is 1. The number of carbonyl (C=O) groups excluding carboxylic acids is 1. The maximum absolute atomic E-state index is 12.2. The lowest BCUT2D eigenvalue weighted by molar-refractivity contribution is 0.102. The number of nitrogens with one attached hydrogen (secondary N) is 2. The van der Waals surface area contributed by atoms with E-state index in [2.05, 4.69) is 34.4 Å². The number of benzene rings is 1. The van der Waals surface area contributed by atoms with Crippen LogP contribution in [0.4, 0.5) is 11.5 Å². The highest BCUT2D eigenvalue weighted by Gasteiger charge is 2.10. The van der Waals surface area contributed by atoms with Gasteiger partial charge in [-0.1, -0.05) is 32.0 Å². The predicted molar refractivity (Wildman–Crippen MR) is 84.5 cm³/mol. The number of carbonyl (C=O) groups is 1. The zero-order valence-electron chi connectivity index (χ0n) is 12.6. The molecule has 5 nitrogen and oxygen atoms in total. The summed E-state index contributed by atoms with van der Waals surface area (Å²) in [6, 6.07) is 9.30. The highest BCUT2D eigenvalue weighted by molar-refractivity contribution is 6.03. The van der Waals surface area contributed by atoms with Gasteiger partial charge in [-0.3, -0.25) is 4.79 Å². The summed E-state index contributed by atoms with van der Waals surface area (Å²) >= 11 is 0. The maximum Gasteiger partial charge on any atom is 0.274 e. The molecule has 0 radical (unpaired) electrons. The molecule has 2 rings (SSSR count). The number of anilines is 2. The molecule has 0 saturated heterocycles. The molecule has 0 aliphatic heterocycles. The number of hydrogen-bond acceptors (Lipinski definition) is 4. The van der Waals surface area contributed by atoms with E-state index in [9.17, 15) is 4.79 Å². The Kier molecular flexibility index (Phi) is 4.87. The normalized spacial score (nSPS) is 10.5. The molecule has 1 amide bonds. The molecule has 0 saturated carbocycles. The third kappa shape index (κ3) is 4.27. The highest BCUT2D eigenvalue weighted by Crippen LogP contribution is 2.14. The summed E-state index contributed by atoms with van der Waals surface area (Å²) in [5, 5.41) is 6.05. The molecule has 0 bridgehead atoms. The van der Waals surface area contributed by atoms with Gasteiger partial charge in [-0.2, -0.15) is 0 Å². The average molecular weight is 284 g/mol. The van der Waals surface area contributed by atoms with Crippen molar-refractivity contribution in [1.29, 1.82) is 0 Å². The Hall–Kier alpha value is -2.43. The molecule has 0 aliphatic carbocycles. The van der Waals surface area contributed by atoms with Crippen molar-refractivity contribution in [2.75, 3.05) is 17.2 Å². The van der Waals surface area contributed by atoms with Gasteiger partial charge < -0.3 is 10.6 Å². The fraction of sp³-hybridized carbons (Fsp3) is 0.312. The van der Waals surface area contributed by atoms with Gasteiger partial charge >= 0.3 is 0 Å². The van der Waals surface area contributed by atoms with Crippen LogP contribution in [0.25, 0.3) is 0 Å². The molecule has 1 heterocycles. The van der Waals surface area contributed by atoms with E-state index in [4.69, 9.17) is 0 Å². The van der Waals surface area contributed by atoms with Crippen molar-refractivity contribution in [2.24, 2.45) is 5.92 Å². The van der Waals surface area contributed by atoms with Gasteiger partial charge in [0.05, 0.1) is 0 Å². The number of amides is 1. The van der Waals surface area contributed by atoms with Gasteiger partial charge in [-0.15, -0.1) is 0 Å². The Bertz CT molecular complexity index is 625. The van der Waals surface area contributed by atoms with Crippen molar-refractivity contribution >= 4 is 17.4 Å². The van der Waals surface area contributed by atoms with E-state index in [1.54, 1.807) is 6.07 Å². The van der Waals surface area contributed by atoms with Crippen molar-refractivity contribution < 1.29 is 4.79 Å². The fourth-order valence-corrected chi connectivity index (χ4v) is 1.79. The van der Waals surface area contributed by atoms with E-state index < -0.39 is 0 Å². The third-order valence-corrected chi connectivity index (χ3v) is 2.98. The summed E-state index contributed by atoms with van der Waals surface area (Å²) in [5.41, 5.74) is 2.15. The van der Waals surface area contributed by atoms with Crippen LogP contribution in [0.15, 0.2) is 36.7 Å². The van der Waals surface area contributed by atoms with Crippen molar-refractivity contribution in [2.45, 2.75) is 20.8 Å². The first-order valence-electron chi connectivity index (χ1n) is 6.99. The van der Waals surface area contributed by atoms with Gasteiger partial charge in [0.2, 0.25) is 0 Å². The van der Waals surface area contributed by atoms with Crippen molar-refractivity contribution in [3.63, 3.8) is 0 Å². The standard InChI is InChI=1S/C16H20N4O/c1-11(2)9-17-15-8-14(18-10-19-15)16(21)20-13-7-5-4-6-12(13)3/h4-8,10-11H,9H2,1-3H3,(H,20,21)(H,17,18,19). The van der Waals surface area contributed by atoms with Crippen LogP contribution in [0.2, 0.25) is 0 Å². The summed E-state index contributed by atoms with van der Waals surface area (Å²) in [5.74, 6) is 0.928. The van der Waals surface area contributed by atoms with Crippen LogP contribution in [0, 0.1) is 12.8 Å². The van der Waals surface area contributed by atoms with Gasteiger partial charge in [-0.05, 0) is 24.5 Å². The van der Waals surface area contributed by atoms with Gasteiger partial charge in [0.15, 0.2) is 0 Å². The number of aromatic nitrogens is 2. The van der Waals surface area contributed by atoms with Crippen LogP contribution in [0.3, 0.4) is 0 Å². The molecule has 2 N–H and O–H groups in total. The Morgan fingerprint density at radius 2 is 2.00 bits per heavy atom. The monoisotopic (exact) mass is 284 g/mol. The van der Waals surface area contributed by atoms with Gasteiger partial charge in [0.1, 0.15) is 17.8 Å². The van der Waals surface area contributed by atoms with E-state index in [1.165, 1.54) is 6.33 Å². The Labute approximate surface area is 124 Å². The summed E-state index contributed by atoms with van der Waals surface area (Å²) in [6.45, 7) is 6.97. The number of nitrogens with zero attached hydrogens (tertiary/aromatic N) is 2.